The summed E-state index contributed by atoms with van der Waals surface area (Å²) in [5.74, 6) is 0.263. The molecule has 3 aromatic rings. The fourth-order valence-electron chi connectivity index (χ4n) is 3.21. The van der Waals surface area contributed by atoms with Gasteiger partial charge in [-0.25, -0.2) is 0 Å². The normalized spacial score (nSPS) is 14.8. The van der Waals surface area contributed by atoms with Gasteiger partial charge in [0.25, 0.3) is 0 Å². The summed E-state index contributed by atoms with van der Waals surface area (Å²) in [5, 5.41) is 4.16. The third-order valence-corrected chi connectivity index (χ3v) is 4.57. The van der Waals surface area contributed by atoms with Gasteiger partial charge in [0, 0.05) is 29.4 Å². The molecule has 0 saturated heterocycles. The first-order valence-corrected chi connectivity index (χ1v) is 8.26. The van der Waals surface area contributed by atoms with Crippen molar-refractivity contribution in [3.63, 3.8) is 0 Å². The summed E-state index contributed by atoms with van der Waals surface area (Å²) >= 11 is 0. The van der Waals surface area contributed by atoms with Crippen LogP contribution in [0.3, 0.4) is 0 Å². The van der Waals surface area contributed by atoms with Crippen LogP contribution in [0, 0.1) is 0 Å². The molecule has 2 N–H and O–H groups in total. The van der Waals surface area contributed by atoms with Crippen LogP contribution in [0.15, 0.2) is 54.5 Å². The van der Waals surface area contributed by atoms with E-state index in [0.29, 0.717) is 5.56 Å². The SMILES string of the molecule is COc1ccc2[nH]cc(C(C)NC3=CC(=O)c4cccnc4C3=O)c2c1. The summed E-state index contributed by atoms with van der Waals surface area (Å²) in [5.41, 5.74) is 2.74. The van der Waals surface area contributed by atoms with E-state index in [2.05, 4.69) is 15.3 Å². The fourth-order valence-corrected chi connectivity index (χ4v) is 3.21. The van der Waals surface area contributed by atoms with Gasteiger partial charge in [-0.15, -0.1) is 0 Å². The molecule has 2 aromatic heterocycles. The van der Waals surface area contributed by atoms with Gasteiger partial charge in [0.2, 0.25) is 5.78 Å². The molecule has 26 heavy (non-hydrogen) atoms. The van der Waals surface area contributed by atoms with Crippen molar-refractivity contribution >= 4 is 22.5 Å². The zero-order valence-electron chi connectivity index (χ0n) is 14.4. The number of ether oxygens (including phenoxy) is 1. The summed E-state index contributed by atoms with van der Waals surface area (Å²) in [6.07, 6.45) is 4.75. The van der Waals surface area contributed by atoms with Crippen molar-refractivity contribution in [1.82, 2.24) is 15.3 Å². The van der Waals surface area contributed by atoms with Crippen molar-refractivity contribution in [2.45, 2.75) is 13.0 Å². The van der Waals surface area contributed by atoms with Crippen molar-refractivity contribution in [2.24, 2.45) is 0 Å². The van der Waals surface area contributed by atoms with Crippen LogP contribution in [0.2, 0.25) is 0 Å². The van der Waals surface area contributed by atoms with E-state index in [1.807, 2.05) is 31.3 Å². The number of nitrogens with zero attached hydrogens (tertiary/aromatic N) is 1. The molecular weight excluding hydrogens is 330 g/mol. The highest BCUT2D eigenvalue weighted by molar-refractivity contribution is 6.23. The number of benzene rings is 1. The number of hydrogen-bond acceptors (Lipinski definition) is 5. The maximum Gasteiger partial charge on any atom is 0.228 e. The zero-order chi connectivity index (χ0) is 18.3. The summed E-state index contributed by atoms with van der Waals surface area (Å²) in [4.78, 5) is 32.2. The molecule has 4 rings (SSSR count). The van der Waals surface area contributed by atoms with Crippen LogP contribution >= 0.6 is 0 Å². The van der Waals surface area contributed by atoms with Crippen molar-refractivity contribution in [1.29, 1.82) is 0 Å². The molecule has 6 nitrogen and oxygen atoms in total. The number of ketones is 2. The maximum atomic E-state index is 12.7. The standard InChI is InChI=1S/C20H17N3O3/c1-11(15-10-22-16-6-5-12(26-2)8-14(15)16)23-17-9-18(24)13-4-3-7-21-19(13)20(17)25/h3-11,22-23H,1-2H3. The second-order valence-corrected chi connectivity index (χ2v) is 6.17. The number of methoxy groups -OCH3 is 1. The minimum absolute atomic E-state index is 0.190. The minimum Gasteiger partial charge on any atom is -0.497 e. The number of fused-ring (bicyclic) bond motifs is 2. The van der Waals surface area contributed by atoms with Crippen LogP contribution < -0.4 is 10.1 Å². The lowest BCUT2D eigenvalue weighted by Crippen LogP contribution is -2.29. The first kappa shape index (κ1) is 16.1. The third kappa shape index (κ3) is 2.56. The molecule has 130 valence electrons. The molecule has 1 aliphatic rings. The van der Waals surface area contributed by atoms with Gasteiger partial charge in [0.15, 0.2) is 5.78 Å². The average molecular weight is 347 g/mol. The minimum atomic E-state index is -0.274. The van der Waals surface area contributed by atoms with Gasteiger partial charge in [0.05, 0.1) is 24.4 Å². The molecule has 0 spiro atoms. The monoisotopic (exact) mass is 347 g/mol. The second-order valence-electron chi connectivity index (χ2n) is 6.17. The molecule has 0 saturated carbocycles. The molecule has 0 bridgehead atoms. The van der Waals surface area contributed by atoms with Gasteiger partial charge in [-0.1, -0.05) is 0 Å². The van der Waals surface area contributed by atoms with Gasteiger partial charge in [-0.2, -0.15) is 0 Å². The number of H-pyrrole nitrogens is 1. The molecular formula is C20H17N3O3. The number of carbonyl (C=O) groups is 2. The summed E-state index contributed by atoms with van der Waals surface area (Å²) < 4.78 is 5.29. The van der Waals surface area contributed by atoms with E-state index < -0.39 is 0 Å². The van der Waals surface area contributed by atoms with Crippen molar-refractivity contribution in [3.05, 3.63) is 71.3 Å². The van der Waals surface area contributed by atoms with E-state index in [-0.39, 0.29) is 29.0 Å². The Morgan fingerprint density at radius 2 is 2.08 bits per heavy atom. The van der Waals surface area contributed by atoms with Crippen LogP contribution in [-0.2, 0) is 0 Å². The predicted octanol–water partition coefficient (Wildman–Crippen LogP) is 3.19. The lowest BCUT2D eigenvalue weighted by atomic mass is 9.96. The van der Waals surface area contributed by atoms with Gasteiger partial charge in [0.1, 0.15) is 11.4 Å². The third-order valence-electron chi connectivity index (χ3n) is 4.57. The number of nitrogens with one attached hydrogen (secondary N) is 2. The Morgan fingerprint density at radius 3 is 2.88 bits per heavy atom. The van der Waals surface area contributed by atoms with Crippen molar-refractivity contribution in [2.75, 3.05) is 7.11 Å². The Balaban J connectivity index is 1.66. The Kier molecular flexibility index (Phi) is 3.80. The summed E-state index contributed by atoms with van der Waals surface area (Å²) in [6, 6.07) is 8.85. The highest BCUT2D eigenvalue weighted by Gasteiger charge is 2.27. The van der Waals surface area contributed by atoms with E-state index in [1.165, 1.54) is 12.3 Å². The topological polar surface area (TPSA) is 84.1 Å². The van der Waals surface area contributed by atoms with E-state index in [9.17, 15) is 9.59 Å². The number of aromatic amines is 1. The second kappa shape index (κ2) is 6.15. The lowest BCUT2D eigenvalue weighted by Gasteiger charge is -2.20. The van der Waals surface area contributed by atoms with Gasteiger partial charge >= 0.3 is 0 Å². The number of Topliss-reactive ketones (excluding diaryl/α,β-unsaturated/α-hetero) is 1. The molecule has 1 aromatic carbocycles. The first-order chi connectivity index (χ1) is 12.6. The van der Waals surface area contributed by atoms with E-state index >= 15 is 0 Å². The number of hydrogen-bond donors (Lipinski definition) is 2. The largest absolute Gasteiger partial charge is 0.497 e. The maximum absolute atomic E-state index is 12.7. The molecule has 1 aliphatic carbocycles. The van der Waals surface area contributed by atoms with E-state index in [4.69, 9.17) is 4.74 Å². The fraction of sp³-hybridized carbons (Fsp3) is 0.150. The Bertz CT molecular complexity index is 1070. The molecule has 0 fully saturated rings. The van der Waals surface area contributed by atoms with Crippen LogP contribution in [0.25, 0.3) is 10.9 Å². The molecule has 6 heteroatoms. The molecule has 1 atom stereocenters. The number of pyridine rings is 1. The Hall–Kier alpha value is -3.41. The smallest absolute Gasteiger partial charge is 0.228 e. The van der Waals surface area contributed by atoms with Gasteiger partial charge in [-0.05, 0) is 42.8 Å². The van der Waals surface area contributed by atoms with Crippen LogP contribution in [0.4, 0.5) is 0 Å². The van der Waals surface area contributed by atoms with Crippen LogP contribution in [-0.4, -0.2) is 28.6 Å². The van der Waals surface area contributed by atoms with Crippen LogP contribution in [0.1, 0.15) is 39.4 Å². The van der Waals surface area contributed by atoms with Crippen molar-refractivity contribution < 1.29 is 14.3 Å². The number of rotatable bonds is 4. The predicted molar refractivity (Wildman–Crippen MR) is 97.4 cm³/mol. The quantitative estimate of drug-likeness (QED) is 0.757. The molecule has 2 heterocycles. The van der Waals surface area contributed by atoms with Gasteiger partial charge < -0.3 is 15.0 Å². The summed E-state index contributed by atoms with van der Waals surface area (Å²) in [6.45, 7) is 1.94. The summed E-state index contributed by atoms with van der Waals surface area (Å²) in [7, 11) is 1.62. The van der Waals surface area contributed by atoms with Crippen molar-refractivity contribution in [3.8, 4) is 5.75 Å². The van der Waals surface area contributed by atoms with Crippen LogP contribution in [0.5, 0.6) is 5.75 Å². The highest BCUT2D eigenvalue weighted by atomic mass is 16.5. The lowest BCUT2D eigenvalue weighted by molar-refractivity contribution is 0.0972. The molecule has 0 amide bonds. The first-order valence-electron chi connectivity index (χ1n) is 8.26. The highest BCUT2D eigenvalue weighted by Crippen LogP contribution is 2.29. The number of aromatic nitrogens is 2. The van der Waals surface area contributed by atoms with E-state index in [1.54, 1.807) is 19.2 Å². The molecule has 1 unspecified atom stereocenters. The number of allylic oxidation sites excluding steroid dienone is 2. The average Bonchev–Trinajstić information content (AvgIpc) is 3.09. The Labute approximate surface area is 149 Å². The molecule has 0 radical (unpaired) electrons. The Morgan fingerprint density at radius 1 is 1.23 bits per heavy atom. The zero-order valence-corrected chi connectivity index (χ0v) is 14.4. The number of carbonyl (C=O) groups excluding carboxylic acids is 2. The van der Waals surface area contributed by atoms with Gasteiger partial charge in [-0.3, -0.25) is 14.6 Å². The molecule has 0 aliphatic heterocycles. The van der Waals surface area contributed by atoms with E-state index in [0.717, 1.165) is 22.2 Å².